The first-order chi connectivity index (χ1) is 12.9. The number of aryl methyl sites for hydroxylation is 1. The number of nitrogens with zero attached hydrogens (tertiary/aromatic N) is 2. The van der Waals surface area contributed by atoms with E-state index in [9.17, 15) is 9.59 Å². The smallest absolute Gasteiger partial charge is 0.321 e. The van der Waals surface area contributed by atoms with Crippen molar-refractivity contribution >= 4 is 35.0 Å². The minimum absolute atomic E-state index is 0.114. The number of rotatable bonds is 7. The number of amides is 3. The molecule has 1 aromatic heterocycles. The second kappa shape index (κ2) is 9.87. The number of anilines is 1. The Balaban J connectivity index is 1.90. The van der Waals surface area contributed by atoms with E-state index in [1.807, 2.05) is 57.3 Å². The summed E-state index contributed by atoms with van der Waals surface area (Å²) in [4.78, 5) is 30.2. The lowest BCUT2D eigenvalue weighted by atomic mass is 10.1. The van der Waals surface area contributed by atoms with Gasteiger partial charge in [0.15, 0.2) is 0 Å². The van der Waals surface area contributed by atoms with Crippen LogP contribution >= 0.6 is 11.3 Å². The lowest BCUT2D eigenvalue weighted by Gasteiger charge is -2.19. The molecule has 0 radical (unpaired) electrons. The van der Waals surface area contributed by atoms with E-state index in [0.29, 0.717) is 13.1 Å². The molecule has 0 spiro atoms. The maximum absolute atomic E-state index is 12.1. The van der Waals surface area contributed by atoms with Gasteiger partial charge in [0.2, 0.25) is 5.91 Å². The van der Waals surface area contributed by atoms with E-state index >= 15 is 0 Å². The fraction of sp³-hybridized carbons (Fsp3) is 0.350. The molecule has 1 heterocycles. The topological polar surface area (TPSA) is 74.3 Å². The molecule has 0 saturated carbocycles. The number of aromatic nitrogens is 1. The van der Waals surface area contributed by atoms with E-state index < -0.39 is 0 Å². The second-order valence-electron chi connectivity index (χ2n) is 6.08. The van der Waals surface area contributed by atoms with Crippen LogP contribution in [0.2, 0.25) is 0 Å². The van der Waals surface area contributed by atoms with Crippen LogP contribution in [-0.2, 0) is 4.79 Å². The quantitative estimate of drug-likeness (QED) is 0.700. The summed E-state index contributed by atoms with van der Waals surface area (Å²) in [6, 6.07) is 7.22. The molecule has 2 N–H and O–H groups in total. The van der Waals surface area contributed by atoms with E-state index in [1.54, 1.807) is 22.3 Å². The predicted octanol–water partition coefficient (Wildman–Crippen LogP) is 4.22. The van der Waals surface area contributed by atoms with Gasteiger partial charge in [-0.15, -0.1) is 11.3 Å². The van der Waals surface area contributed by atoms with Gasteiger partial charge in [-0.25, -0.2) is 9.78 Å². The SMILES string of the molecule is CCN(CC)C(=O)Nc1ccc(C(C)NC(=O)/C=C/c2csc(C)n2)cc1. The number of carbonyl (C=O) groups is 2. The molecule has 144 valence electrons. The first-order valence-corrected chi connectivity index (χ1v) is 9.87. The lowest BCUT2D eigenvalue weighted by molar-refractivity contribution is -0.117. The number of hydrogen-bond donors (Lipinski definition) is 2. The summed E-state index contributed by atoms with van der Waals surface area (Å²) in [6.07, 6.45) is 3.20. The zero-order valence-electron chi connectivity index (χ0n) is 16.2. The maximum atomic E-state index is 12.1. The van der Waals surface area contributed by atoms with Gasteiger partial charge in [-0.2, -0.15) is 0 Å². The number of hydrogen-bond acceptors (Lipinski definition) is 4. The van der Waals surface area contributed by atoms with Gasteiger partial charge in [-0.05, 0) is 51.5 Å². The highest BCUT2D eigenvalue weighted by Gasteiger charge is 2.11. The number of thiazole rings is 1. The van der Waals surface area contributed by atoms with Crippen molar-refractivity contribution < 1.29 is 9.59 Å². The summed E-state index contributed by atoms with van der Waals surface area (Å²) < 4.78 is 0. The standard InChI is InChI=1S/C20H26N4O2S/c1-5-24(6-2)20(26)23-17-9-7-16(8-10-17)14(3)21-19(25)12-11-18-13-27-15(4)22-18/h7-14H,5-6H2,1-4H3,(H,21,25)(H,23,26)/b12-11+. The van der Waals surface area contributed by atoms with Gasteiger partial charge in [-0.3, -0.25) is 4.79 Å². The molecular weight excluding hydrogens is 360 g/mol. The minimum Gasteiger partial charge on any atom is -0.346 e. The van der Waals surface area contributed by atoms with Crippen molar-refractivity contribution in [2.45, 2.75) is 33.7 Å². The van der Waals surface area contributed by atoms with Crippen molar-refractivity contribution in [1.29, 1.82) is 0 Å². The van der Waals surface area contributed by atoms with Crippen molar-refractivity contribution in [3.8, 4) is 0 Å². The molecule has 0 bridgehead atoms. The average Bonchev–Trinajstić information content (AvgIpc) is 3.07. The van der Waals surface area contributed by atoms with E-state index in [4.69, 9.17) is 0 Å². The predicted molar refractivity (Wildman–Crippen MR) is 111 cm³/mol. The Morgan fingerprint density at radius 2 is 1.89 bits per heavy atom. The van der Waals surface area contributed by atoms with Crippen molar-refractivity contribution in [1.82, 2.24) is 15.2 Å². The number of benzene rings is 1. The van der Waals surface area contributed by atoms with Gasteiger partial charge < -0.3 is 15.5 Å². The lowest BCUT2D eigenvalue weighted by Crippen LogP contribution is -2.34. The molecule has 1 atom stereocenters. The number of carbonyl (C=O) groups excluding carboxylic acids is 2. The van der Waals surface area contributed by atoms with Crippen molar-refractivity contribution in [2.24, 2.45) is 0 Å². The molecule has 0 aliphatic heterocycles. The van der Waals surface area contributed by atoms with Crippen LogP contribution in [0.15, 0.2) is 35.7 Å². The minimum atomic E-state index is -0.174. The molecular formula is C20H26N4O2S. The van der Waals surface area contributed by atoms with E-state index in [1.165, 1.54) is 6.08 Å². The molecule has 1 unspecified atom stereocenters. The first kappa shape index (κ1) is 20.6. The molecule has 2 aromatic rings. The molecule has 27 heavy (non-hydrogen) atoms. The largest absolute Gasteiger partial charge is 0.346 e. The zero-order chi connectivity index (χ0) is 19.8. The van der Waals surface area contributed by atoms with Crippen LogP contribution in [0.25, 0.3) is 6.08 Å². The highest BCUT2D eigenvalue weighted by Crippen LogP contribution is 2.17. The zero-order valence-corrected chi connectivity index (χ0v) is 17.0. The Hall–Kier alpha value is -2.67. The Bertz CT molecular complexity index is 795. The summed E-state index contributed by atoms with van der Waals surface area (Å²) in [6.45, 7) is 9.07. The Labute approximate surface area is 164 Å². The van der Waals surface area contributed by atoms with Gasteiger partial charge in [0.25, 0.3) is 0 Å². The Morgan fingerprint density at radius 3 is 2.44 bits per heavy atom. The van der Waals surface area contributed by atoms with Gasteiger partial charge in [0.1, 0.15) is 0 Å². The third kappa shape index (κ3) is 6.21. The number of nitrogens with one attached hydrogen (secondary N) is 2. The first-order valence-electron chi connectivity index (χ1n) is 8.99. The molecule has 2 rings (SSSR count). The highest BCUT2D eigenvalue weighted by atomic mass is 32.1. The summed E-state index contributed by atoms with van der Waals surface area (Å²) in [7, 11) is 0. The third-order valence-corrected chi connectivity index (χ3v) is 4.91. The normalized spacial score (nSPS) is 12.0. The van der Waals surface area contributed by atoms with Gasteiger partial charge >= 0.3 is 6.03 Å². The van der Waals surface area contributed by atoms with Crippen LogP contribution in [0.1, 0.15) is 43.1 Å². The molecule has 0 fully saturated rings. The van der Waals surface area contributed by atoms with E-state index in [2.05, 4.69) is 15.6 Å². The van der Waals surface area contributed by atoms with Crippen LogP contribution in [0.4, 0.5) is 10.5 Å². The van der Waals surface area contributed by atoms with Crippen LogP contribution in [0.5, 0.6) is 0 Å². The fourth-order valence-electron chi connectivity index (χ4n) is 2.53. The Morgan fingerprint density at radius 1 is 1.22 bits per heavy atom. The van der Waals surface area contributed by atoms with Gasteiger partial charge in [0.05, 0.1) is 16.7 Å². The van der Waals surface area contributed by atoms with Crippen LogP contribution < -0.4 is 10.6 Å². The summed E-state index contributed by atoms with van der Waals surface area (Å²) in [5, 5.41) is 8.68. The number of urea groups is 1. The van der Waals surface area contributed by atoms with Crippen LogP contribution in [0.3, 0.4) is 0 Å². The molecule has 0 aliphatic carbocycles. The molecule has 3 amide bonds. The molecule has 0 saturated heterocycles. The molecule has 7 heteroatoms. The van der Waals surface area contributed by atoms with Crippen LogP contribution in [-0.4, -0.2) is 34.9 Å². The molecule has 0 aliphatic rings. The van der Waals surface area contributed by atoms with Crippen molar-refractivity contribution in [3.63, 3.8) is 0 Å². The van der Waals surface area contributed by atoms with E-state index in [0.717, 1.165) is 22.0 Å². The summed E-state index contributed by atoms with van der Waals surface area (Å²) in [5.74, 6) is -0.174. The fourth-order valence-corrected chi connectivity index (χ4v) is 3.11. The third-order valence-electron chi connectivity index (χ3n) is 4.11. The van der Waals surface area contributed by atoms with Crippen molar-refractivity contribution in [2.75, 3.05) is 18.4 Å². The average molecular weight is 387 g/mol. The summed E-state index contributed by atoms with van der Waals surface area (Å²) in [5.41, 5.74) is 2.48. The molecule has 1 aromatic carbocycles. The van der Waals surface area contributed by atoms with Gasteiger partial charge in [-0.1, -0.05) is 12.1 Å². The monoisotopic (exact) mass is 386 g/mol. The highest BCUT2D eigenvalue weighted by molar-refractivity contribution is 7.09. The second-order valence-corrected chi connectivity index (χ2v) is 7.14. The Kier molecular flexibility index (Phi) is 7.55. The van der Waals surface area contributed by atoms with E-state index in [-0.39, 0.29) is 18.0 Å². The maximum Gasteiger partial charge on any atom is 0.321 e. The van der Waals surface area contributed by atoms with Crippen molar-refractivity contribution in [3.05, 3.63) is 52.0 Å². The molecule has 6 nitrogen and oxygen atoms in total. The van der Waals surface area contributed by atoms with Crippen LogP contribution in [0, 0.1) is 6.92 Å². The van der Waals surface area contributed by atoms with Gasteiger partial charge in [0, 0.05) is 30.2 Å². The summed E-state index contributed by atoms with van der Waals surface area (Å²) >= 11 is 1.55.